The molecule has 0 aliphatic rings. The summed E-state index contributed by atoms with van der Waals surface area (Å²) in [6, 6.07) is 0. The van der Waals surface area contributed by atoms with Crippen LogP contribution >= 0.6 is 0 Å². The lowest BCUT2D eigenvalue weighted by atomic mass is 9.89. The fraction of sp³-hybridized carbons (Fsp3) is 0.667. The molecule has 0 spiro atoms. The van der Waals surface area contributed by atoms with Gasteiger partial charge in [-0.1, -0.05) is 27.4 Å². The lowest BCUT2D eigenvalue weighted by Crippen LogP contribution is -2.09. The Bertz CT molecular complexity index is 177. The van der Waals surface area contributed by atoms with Crippen LogP contribution in [0, 0.1) is 5.41 Å². The Labute approximate surface area is 73.0 Å². The molecule has 1 N–H and O–H groups in total. The second-order valence-corrected chi connectivity index (χ2v) is 4.04. The van der Waals surface area contributed by atoms with E-state index >= 15 is 0 Å². The van der Waals surface area contributed by atoms with Crippen LogP contribution in [0.3, 0.4) is 0 Å². The largest absolute Gasteiger partial charge is 0.368 e. The van der Waals surface area contributed by atoms with Gasteiger partial charge in [-0.2, -0.15) is 5.26 Å². The van der Waals surface area contributed by atoms with E-state index in [-0.39, 0.29) is 5.41 Å². The van der Waals surface area contributed by atoms with Crippen molar-refractivity contribution < 1.29 is 14.9 Å². The maximum atomic E-state index is 10.7. The van der Waals surface area contributed by atoms with Gasteiger partial charge in [-0.25, -0.2) is 4.79 Å². The van der Waals surface area contributed by atoms with Gasteiger partial charge in [0.05, 0.1) is 0 Å². The Morgan fingerprint density at radius 3 is 2.33 bits per heavy atom. The van der Waals surface area contributed by atoms with E-state index in [2.05, 4.69) is 32.2 Å². The molecule has 0 aromatic rings. The molecule has 0 heterocycles. The van der Waals surface area contributed by atoms with E-state index in [0.717, 1.165) is 6.42 Å². The zero-order valence-corrected chi connectivity index (χ0v) is 7.89. The van der Waals surface area contributed by atoms with E-state index in [0.29, 0.717) is 12.0 Å². The molecule has 0 aliphatic carbocycles. The van der Waals surface area contributed by atoms with Crippen molar-refractivity contribution in [1.82, 2.24) is 0 Å². The average molecular weight is 172 g/mol. The van der Waals surface area contributed by atoms with Gasteiger partial charge in [0, 0.05) is 5.57 Å². The van der Waals surface area contributed by atoms with Crippen LogP contribution in [0.25, 0.3) is 0 Å². The summed E-state index contributed by atoms with van der Waals surface area (Å²) in [5.41, 5.74) is 0.478. The Kier molecular flexibility index (Phi) is 3.96. The first-order chi connectivity index (χ1) is 5.37. The lowest BCUT2D eigenvalue weighted by Gasteiger charge is -2.17. The average Bonchev–Trinajstić information content (AvgIpc) is 1.97. The van der Waals surface area contributed by atoms with Crippen molar-refractivity contribution in [2.75, 3.05) is 0 Å². The Morgan fingerprint density at radius 2 is 2.00 bits per heavy atom. The first-order valence-electron chi connectivity index (χ1n) is 3.90. The van der Waals surface area contributed by atoms with Crippen LogP contribution in [-0.2, 0) is 9.68 Å². The highest BCUT2D eigenvalue weighted by Crippen LogP contribution is 2.22. The zero-order valence-electron chi connectivity index (χ0n) is 7.89. The van der Waals surface area contributed by atoms with Crippen molar-refractivity contribution in [2.24, 2.45) is 5.41 Å². The van der Waals surface area contributed by atoms with Crippen molar-refractivity contribution in [3.8, 4) is 0 Å². The van der Waals surface area contributed by atoms with Crippen molar-refractivity contribution in [1.29, 1.82) is 0 Å². The molecule has 3 heteroatoms. The molecular formula is C9H16O3. The maximum absolute atomic E-state index is 10.7. The molecule has 3 nitrogen and oxygen atoms in total. The smallest absolute Gasteiger partial charge is 0.296 e. The van der Waals surface area contributed by atoms with E-state index in [4.69, 9.17) is 5.26 Å². The number of hydrogen-bond donors (Lipinski definition) is 1. The van der Waals surface area contributed by atoms with Gasteiger partial charge in [-0.3, -0.25) is 4.89 Å². The summed E-state index contributed by atoms with van der Waals surface area (Å²) in [6.07, 6.45) is 1.41. The highest BCUT2D eigenvalue weighted by molar-refractivity contribution is 5.87. The fourth-order valence-electron chi connectivity index (χ4n) is 0.693. The van der Waals surface area contributed by atoms with Gasteiger partial charge in [-0.05, 0) is 18.3 Å². The van der Waals surface area contributed by atoms with Crippen LogP contribution in [0.2, 0.25) is 0 Å². The SMILES string of the molecule is C=C(CCC(C)(C)C)C(=O)OO. The monoisotopic (exact) mass is 172 g/mol. The number of rotatable bonds is 3. The van der Waals surface area contributed by atoms with Gasteiger partial charge < -0.3 is 0 Å². The van der Waals surface area contributed by atoms with Crippen LogP contribution < -0.4 is 0 Å². The molecule has 0 radical (unpaired) electrons. The molecule has 0 saturated carbocycles. The first-order valence-corrected chi connectivity index (χ1v) is 3.90. The van der Waals surface area contributed by atoms with Crippen LogP contribution in [0.1, 0.15) is 33.6 Å². The van der Waals surface area contributed by atoms with Gasteiger partial charge in [0.2, 0.25) is 0 Å². The standard InChI is InChI=1S/C9H16O3/c1-7(8(10)12-11)5-6-9(2,3)4/h11H,1,5-6H2,2-4H3. The quantitative estimate of drug-likeness (QED) is 0.404. The summed E-state index contributed by atoms with van der Waals surface area (Å²) in [5, 5.41) is 8.02. The summed E-state index contributed by atoms with van der Waals surface area (Å²) in [5.74, 6) is -0.737. The highest BCUT2D eigenvalue weighted by atomic mass is 17.1. The molecule has 0 amide bonds. The van der Waals surface area contributed by atoms with Crippen molar-refractivity contribution in [3.05, 3.63) is 12.2 Å². The third-order valence-electron chi connectivity index (χ3n) is 1.55. The summed E-state index contributed by atoms with van der Waals surface area (Å²) < 4.78 is 0. The van der Waals surface area contributed by atoms with E-state index in [1.165, 1.54) is 0 Å². The van der Waals surface area contributed by atoms with Gasteiger partial charge in [0.1, 0.15) is 0 Å². The topological polar surface area (TPSA) is 46.5 Å². The first kappa shape index (κ1) is 11.2. The number of carbonyl (C=O) groups is 1. The summed E-state index contributed by atoms with van der Waals surface area (Å²) in [4.78, 5) is 14.2. The molecule has 0 fully saturated rings. The van der Waals surface area contributed by atoms with E-state index in [9.17, 15) is 4.79 Å². The Balaban J connectivity index is 3.80. The Morgan fingerprint density at radius 1 is 1.50 bits per heavy atom. The summed E-state index contributed by atoms with van der Waals surface area (Å²) in [6.45, 7) is 9.72. The van der Waals surface area contributed by atoms with Crippen LogP contribution in [-0.4, -0.2) is 11.2 Å². The van der Waals surface area contributed by atoms with Crippen molar-refractivity contribution in [3.63, 3.8) is 0 Å². The van der Waals surface area contributed by atoms with Crippen LogP contribution in [0.4, 0.5) is 0 Å². The minimum absolute atomic E-state index is 0.165. The van der Waals surface area contributed by atoms with Gasteiger partial charge in [0.15, 0.2) is 0 Å². The molecule has 0 aromatic heterocycles. The number of carbonyl (C=O) groups excluding carboxylic acids is 1. The number of hydrogen-bond acceptors (Lipinski definition) is 3. The summed E-state index contributed by atoms with van der Waals surface area (Å²) >= 11 is 0. The minimum atomic E-state index is -0.737. The summed E-state index contributed by atoms with van der Waals surface area (Å²) in [7, 11) is 0. The molecule has 0 unspecified atom stereocenters. The highest BCUT2D eigenvalue weighted by Gasteiger charge is 2.14. The minimum Gasteiger partial charge on any atom is -0.296 e. The normalized spacial score (nSPS) is 11.0. The molecule has 0 saturated heterocycles. The predicted octanol–water partition coefficient (Wildman–Crippen LogP) is 2.39. The van der Waals surface area contributed by atoms with Gasteiger partial charge in [-0.15, -0.1) is 0 Å². The van der Waals surface area contributed by atoms with E-state index in [1.54, 1.807) is 0 Å². The Hall–Kier alpha value is -0.830. The lowest BCUT2D eigenvalue weighted by molar-refractivity contribution is -0.229. The molecule has 70 valence electrons. The van der Waals surface area contributed by atoms with E-state index in [1.807, 2.05) is 0 Å². The van der Waals surface area contributed by atoms with E-state index < -0.39 is 5.97 Å². The fourth-order valence-corrected chi connectivity index (χ4v) is 0.693. The molecule has 12 heavy (non-hydrogen) atoms. The van der Waals surface area contributed by atoms with Gasteiger partial charge in [0.25, 0.3) is 0 Å². The van der Waals surface area contributed by atoms with Gasteiger partial charge >= 0.3 is 5.97 Å². The molecule has 0 bridgehead atoms. The predicted molar refractivity (Wildman–Crippen MR) is 46.5 cm³/mol. The second-order valence-electron chi connectivity index (χ2n) is 4.04. The maximum Gasteiger partial charge on any atom is 0.368 e. The second kappa shape index (κ2) is 4.26. The molecule has 0 aromatic carbocycles. The zero-order chi connectivity index (χ0) is 9.78. The third-order valence-corrected chi connectivity index (χ3v) is 1.55. The molecular weight excluding hydrogens is 156 g/mol. The molecule has 0 rings (SSSR count). The molecule has 0 aliphatic heterocycles. The van der Waals surface area contributed by atoms with Crippen molar-refractivity contribution >= 4 is 5.97 Å². The van der Waals surface area contributed by atoms with Crippen molar-refractivity contribution in [2.45, 2.75) is 33.6 Å². The van der Waals surface area contributed by atoms with Crippen LogP contribution in [0.5, 0.6) is 0 Å². The third kappa shape index (κ3) is 4.91. The van der Waals surface area contributed by atoms with Crippen LogP contribution in [0.15, 0.2) is 12.2 Å². The molecule has 0 atom stereocenters.